The first-order chi connectivity index (χ1) is 11.3. The van der Waals surface area contributed by atoms with Crippen molar-refractivity contribution in [1.29, 1.82) is 0 Å². The molecule has 130 valence electrons. The van der Waals surface area contributed by atoms with E-state index < -0.39 is 11.7 Å². The van der Waals surface area contributed by atoms with Crippen LogP contribution in [0.4, 0.5) is 4.79 Å². The predicted octanol–water partition coefficient (Wildman–Crippen LogP) is 2.98. The molecule has 2 rings (SSSR count). The van der Waals surface area contributed by atoms with Crippen LogP contribution >= 0.6 is 0 Å². The highest BCUT2D eigenvalue weighted by Crippen LogP contribution is 2.22. The van der Waals surface area contributed by atoms with Crippen LogP contribution in [-0.2, 0) is 4.74 Å². The highest BCUT2D eigenvalue weighted by molar-refractivity contribution is 6.21. The van der Waals surface area contributed by atoms with Crippen LogP contribution in [0.3, 0.4) is 0 Å². The van der Waals surface area contributed by atoms with E-state index in [4.69, 9.17) is 4.74 Å². The number of ether oxygens (including phenoxy) is 1. The van der Waals surface area contributed by atoms with Crippen molar-refractivity contribution in [2.45, 2.75) is 45.6 Å². The lowest BCUT2D eigenvalue weighted by atomic mass is 10.1. The average Bonchev–Trinajstić information content (AvgIpc) is 2.74. The van der Waals surface area contributed by atoms with Gasteiger partial charge in [0.15, 0.2) is 0 Å². The molecule has 0 saturated carbocycles. The van der Waals surface area contributed by atoms with E-state index in [0.29, 0.717) is 30.6 Å². The van der Waals surface area contributed by atoms with Crippen LogP contribution in [-0.4, -0.2) is 41.5 Å². The summed E-state index contributed by atoms with van der Waals surface area (Å²) in [5.41, 5.74) is 0.457. The van der Waals surface area contributed by atoms with E-state index in [2.05, 4.69) is 5.32 Å². The molecule has 0 aliphatic carbocycles. The summed E-state index contributed by atoms with van der Waals surface area (Å²) in [6.07, 6.45) is 1.86. The number of amides is 3. The summed E-state index contributed by atoms with van der Waals surface area (Å²) < 4.78 is 5.14. The molecule has 0 bridgehead atoms. The van der Waals surface area contributed by atoms with E-state index in [1.807, 2.05) is 20.8 Å². The largest absolute Gasteiger partial charge is 0.444 e. The highest BCUT2D eigenvalue weighted by atomic mass is 16.6. The molecular formula is C18H24N2O4. The van der Waals surface area contributed by atoms with Gasteiger partial charge in [-0.2, -0.15) is 0 Å². The van der Waals surface area contributed by atoms with E-state index in [9.17, 15) is 14.4 Å². The molecular weight excluding hydrogens is 308 g/mol. The molecule has 1 aromatic rings. The number of fused-ring (bicyclic) bond motifs is 1. The maximum absolute atomic E-state index is 12.2. The van der Waals surface area contributed by atoms with E-state index in [1.165, 1.54) is 4.90 Å². The third kappa shape index (κ3) is 4.57. The zero-order chi connectivity index (χ0) is 17.7. The summed E-state index contributed by atoms with van der Waals surface area (Å²) >= 11 is 0. The third-order valence-electron chi connectivity index (χ3n) is 3.60. The lowest BCUT2D eigenvalue weighted by molar-refractivity contribution is 0.0526. The molecule has 0 unspecified atom stereocenters. The third-order valence-corrected chi connectivity index (χ3v) is 3.60. The number of rotatable bonds is 6. The van der Waals surface area contributed by atoms with Crippen LogP contribution < -0.4 is 5.32 Å². The standard InChI is InChI=1S/C18H24N2O4/c1-18(2,3)24-17(23)19-11-7-4-8-12-20-15(21)13-9-5-6-10-14(13)16(20)22/h5-6,9-10H,4,7-8,11-12H2,1-3H3,(H,19,23). The normalized spacial score (nSPS) is 13.9. The Kier molecular flexibility index (Phi) is 5.59. The summed E-state index contributed by atoms with van der Waals surface area (Å²) in [7, 11) is 0. The van der Waals surface area contributed by atoms with Crippen LogP contribution in [0.25, 0.3) is 0 Å². The Bertz CT molecular complexity index is 599. The number of carbonyl (C=O) groups excluding carboxylic acids is 3. The maximum Gasteiger partial charge on any atom is 0.407 e. The molecule has 0 aromatic heterocycles. The maximum atomic E-state index is 12.2. The number of nitrogens with one attached hydrogen (secondary N) is 1. The van der Waals surface area contributed by atoms with Gasteiger partial charge >= 0.3 is 6.09 Å². The molecule has 3 amide bonds. The number of hydrogen-bond acceptors (Lipinski definition) is 4. The molecule has 0 spiro atoms. The number of hydrogen-bond donors (Lipinski definition) is 1. The average molecular weight is 332 g/mol. The fraction of sp³-hybridized carbons (Fsp3) is 0.500. The van der Waals surface area contributed by atoms with Crippen molar-refractivity contribution in [2.75, 3.05) is 13.1 Å². The Balaban J connectivity index is 1.66. The van der Waals surface area contributed by atoms with Crippen molar-refractivity contribution in [3.05, 3.63) is 35.4 Å². The lowest BCUT2D eigenvalue weighted by Gasteiger charge is -2.19. The van der Waals surface area contributed by atoms with Crippen molar-refractivity contribution >= 4 is 17.9 Å². The van der Waals surface area contributed by atoms with Gasteiger partial charge in [0.2, 0.25) is 0 Å². The van der Waals surface area contributed by atoms with Gasteiger partial charge in [0.1, 0.15) is 5.60 Å². The van der Waals surface area contributed by atoms with Gasteiger partial charge in [0, 0.05) is 13.1 Å². The predicted molar refractivity (Wildman–Crippen MR) is 89.9 cm³/mol. The first-order valence-electron chi connectivity index (χ1n) is 8.21. The van der Waals surface area contributed by atoms with Gasteiger partial charge in [-0.05, 0) is 52.2 Å². The minimum absolute atomic E-state index is 0.220. The number of benzene rings is 1. The molecule has 1 N–H and O–H groups in total. The zero-order valence-electron chi connectivity index (χ0n) is 14.4. The Morgan fingerprint density at radius 3 is 2.17 bits per heavy atom. The molecule has 0 saturated heterocycles. The first-order valence-corrected chi connectivity index (χ1v) is 8.21. The fourth-order valence-electron chi connectivity index (χ4n) is 2.52. The lowest BCUT2D eigenvalue weighted by Crippen LogP contribution is -2.33. The molecule has 1 aromatic carbocycles. The van der Waals surface area contributed by atoms with E-state index in [-0.39, 0.29) is 11.8 Å². The van der Waals surface area contributed by atoms with Gasteiger partial charge < -0.3 is 10.1 Å². The Morgan fingerprint density at radius 1 is 1.04 bits per heavy atom. The molecule has 6 nitrogen and oxygen atoms in total. The summed E-state index contributed by atoms with van der Waals surface area (Å²) in [6.45, 7) is 6.35. The van der Waals surface area contributed by atoms with Crippen molar-refractivity contribution in [2.24, 2.45) is 0 Å². The molecule has 6 heteroatoms. The minimum atomic E-state index is -0.504. The SMILES string of the molecule is CC(C)(C)OC(=O)NCCCCCN1C(=O)c2ccccc2C1=O. The van der Waals surface area contributed by atoms with Gasteiger partial charge in [-0.3, -0.25) is 14.5 Å². The van der Waals surface area contributed by atoms with Crippen LogP contribution in [0, 0.1) is 0 Å². The van der Waals surface area contributed by atoms with Gasteiger partial charge in [-0.25, -0.2) is 4.79 Å². The summed E-state index contributed by atoms with van der Waals surface area (Å²) in [5.74, 6) is -0.440. The minimum Gasteiger partial charge on any atom is -0.444 e. The topological polar surface area (TPSA) is 75.7 Å². The second-order valence-electron chi connectivity index (χ2n) is 6.80. The first kappa shape index (κ1) is 18.0. The molecule has 24 heavy (non-hydrogen) atoms. The molecule has 1 heterocycles. The smallest absolute Gasteiger partial charge is 0.407 e. The van der Waals surface area contributed by atoms with E-state index in [0.717, 1.165) is 12.8 Å². The number of alkyl carbamates (subject to hydrolysis) is 1. The number of unbranched alkanes of at least 4 members (excludes halogenated alkanes) is 2. The second-order valence-corrected chi connectivity index (χ2v) is 6.80. The van der Waals surface area contributed by atoms with Gasteiger partial charge in [0.25, 0.3) is 11.8 Å². The van der Waals surface area contributed by atoms with Crippen molar-refractivity contribution < 1.29 is 19.1 Å². The molecule has 0 atom stereocenters. The molecule has 0 fully saturated rings. The number of nitrogens with zero attached hydrogens (tertiary/aromatic N) is 1. The quantitative estimate of drug-likeness (QED) is 0.642. The van der Waals surface area contributed by atoms with Gasteiger partial charge in [-0.15, -0.1) is 0 Å². The fourth-order valence-corrected chi connectivity index (χ4v) is 2.52. The molecule has 1 aliphatic heterocycles. The summed E-state index contributed by atoms with van der Waals surface area (Å²) in [6, 6.07) is 6.88. The molecule has 0 radical (unpaired) electrons. The van der Waals surface area contributed by atoms with Crippen molar-refractivity contribution in [1.82, 2.24) is 10.2 Å². The molecule has 1 aliphatic rings. The second kappa shape index (κ2) is 7.47. The number of imide groups is 1. The van der Waals surface area contributed by atoms with Crippen LogP contribution in [0.1, 0.15) is 60.7 Å². The number of carbonyl (C=O) groups is 3. The highest BCUT2D eigenvalue weighted by Gasteiger charge is 2.34. The Labute approximate surface area is 142 Å². The summed E-state index contributed by atoms with van der Waals surface area (Å²) in [5, 5.41) is 2.69. The zero-order valence-corrected chi connectivity index (χ0v) is 14.4. The van der Waals surface area contributed by atoms with Crippen molar-refractivity contribution in [3.63, 3.8) is 0 Å². The monoisotopic (exact) mass is 332 g/mol. The summed E-state index contributed by atoms with van der Waals surface area (Å²) in [4.78, 5) is 37.1. The van der Waals surface area contributed by atoms with Crippen LogP contribution in [0.5, 0.6) is 0 Å². The Morgan fingerprint density at radius 2 is 1.62 bits per heavy atom. The van der Waals surface area contributed by atoms with Gasteiger partial charge in [0.05, 0.1) is 11.1 Å². The Hall–Kier alpha value is -2.37. The van der Waals surface area contributed by atoms with E-state index >= 15 is 0 Å². The van der Waals surface area contributed by atoms with Crippen molar-refractivity contribution in [3.8, 4) is 0 Å². The van der Waals surface area contributed by atoms with Crippen LogP contribution in [0.15, 0.2) is 24.3 Å². The van der Waals surface area contributed by atoms with Crippen LogP contribution in [0.2, 0.25) is 0 Å². The van der Waals surface area contributed by atoms with Gasteiger partial charge in [-0.1, -0.05) is 12.1 Å². The van der Waals surface area contributed by atoms with E-state index in [1.54, 1.807) is 24.3 Å².